The van der Waals surface area contributed by atoms with Gasteiger partial charge >= 0.3 is 0 Å². The third-order valence-corrected chi connectivity index (χ3v) is 3.73. The maximum atomic E-state index is 13.2. The van der Waals surface area contributed by atoms with Crippen LogP contribution in [0.15, 0.2) is 65.5 Å². The monoisotopic (exact) mass is 332 g/mol. The number of benzene rings is 1. The van der Waals surface area contributed by atoms with E-state index in [0.29, 0.717) is 11.4 Å². The van der Waals surface area contributed by atoms with Crippen molar-refractivity contribution in [1.82, 2.24) is 4.57 Å². The second-order valence-corrected chi connectivity index (χ2v) is 5.45. The molecule has 1 amide bonds. The van der Waals surface area contributed by atoms with Crippen LogP contribution in [0.5, 0.6) is 0 Å². The van der Waals surface area contributed by atoms with Crippen molar-refractivity contribution in [3.05, 3.63) is 77.7 Å². The second-order valence-electron chi connectivity index (χ2n) is 5.04. The van der Waals surface area contributed by atoms with E-state index in [1.54, 1.807) is 12.3 Å². The fourth-order valence-corrected chi connectivity index (χ4v) is 2.53. The van der Waals surface area contributed by atoms with Crippen molar-refractivity contribution in [3.8, 4) is 0 Å². The van der Waals surface area contributed by atoms with E-state index in [1.807, 2.05) is 35.2 Å². The van der Waals surface area contributed by atoms with Crippen LogP contribution in [-0.4, -0.2) is 10.5 Å². The van der Waals surface area contributed by atoms with Crippen molar-refractivity contribution in [2.24, 2.45) is 0 Å². The highest BCUT2D eigenvalue weighted by atomic mass is 35.5. The molecule has 1 atom stereocenters. The number of carbonyl (C=O) groups is 1. The Morgan fingerprint density at radius 3 is 2.70 bits per heavy atom. The Morgan fingerprint density at radius 1 is 1.26 bits per heavy atom. The van der Waals surface area contributed by atoms with Crippen molar-refractivity contribution in [2.45, 2.75) is 12.5 Å². The first-order chi connectivity index (χ1) is 11.1. The van der Waals surface area contributed by atoms with E-state index in [0.717, 1.165) is 0 Å². The number of nitrogens with zero attached hydrogens (tertiary/aromatic N) is 1. The van der Waals surface area contributed by atoms with Crippen LogP contribution in [0.1, 0.15) is 18.2 Å². The summed E-state index contributed by atoms with van der Waals surface area (Å²) in [6.45, 7) is 0. The molecular formula is C17H14ClFN2O2. The Balaban J connectivity index is 1.75. The highest BCUT2D eigenvalue weighted by Gasteiger charge is 2.20. The van der Waals surface area contributed by atoms with Crippen LogP contribution in [0.2, 0.25) is 5.02 Å². The summed E-state index contributed by atoms with van der Waals surface area (Å²) in [5.74, 6) is -0.0540. The van der Waals surface area contributed by atoms with Crippen LogP contribution in [0.25, 0.3) is 0 Å². The molecule has 0 bridgehead atoms. The summed E-state index contributed by atoms with van der Waals surface area (Å²) in [7, 11) is 0. The molecule has 0 aliphatic heterocycles. The van der Waals surface area contributed by atoms with E-state index in [-0.39, 0.29) is 23.4 Å². The Bertz CT molecular complexity index is 751. The molecule has 2 heterocycles. The van der Waals surface area contributed by atoms with Gasteiger partial charge in [-0.15, -0.1) is 0 Å². The first kappa shape index (κ1) is 15.4. The van der Waals surface area contributed by atoms with Crippen molar-refractivity contribution in [3.63, 3.8) is 0 Å². The first-order valence-electron chi connectivity index (χ1n) is 7.04. The largest absolute Gasteiger partial charge is 0.467 e. The standard InChI is InChI=1S/C17H14ClFN2O2/c18-13-10-12(5-6-14(13)19)20-17(22)11-15(16-4-3-9-23-16)21-7-1-2-8-21/h1-10,15H,11H2,(H,20,22)/t15-/m1/s1. The van der Waals surface area contributed by atoms with E-state index in [2.05, 4.69) is 5.32 Å². The van der Waals surface area contributed by atoms with Crippen molar-refractivity contribution < 1.29 is 13.6 Å². The van der Waals surface area contributed by atoms with Gasteiger partial charge in [-0.2, -0.15) is 0 Å². The zero-order valence-corrected chi connectivity index (χ0v) is 12.8. The van der Waals surface area contributed by atoms with Crippen molar-refractivity contribution in [1.29, 1.82) is 0 Å². The van der Waals surface area contributed by atoms with Crippen LogP contribution in [0.4, 0.5) is 10.1 Å². The predicted molar refractivity (Wildman–Crippen MR) is 85.9 cm³/mol. The van der Waals surface area contributed by atoms with Gasteiger partial charge in [-0.3, -0.25) is 4.79 Å². The number of nitrogens with one attached hydrogen (secondary N) is 1. The van der Waals surface area contributed by atoms with Gasteiger partial charge in [0.2, 0.25) is 5.91 Å². The summed E-state index contributed by atoms with van der Waals surface area (Å²) in [6.07, 6.45) is 5.49. The molecule has 4 nitrogen and oxygen atoms in total. The molecule has 0 spiro atoms. The molecule has 2 aromatic heterocycles. The number of carbonyl (C=O) groups excluding carboxylic acids is 1. The van der Waals surface area contributed by atoms with E-state index >= 15 is 0 Å². The van der Waals surface area contributed by atoms with Gasteiger partial charge in [-0.05, 0) is 42.5 Å². The highest BCUT2D eigenvalue weighted by Crippen LogP contribution is 2.24. The number of hydrogen-bond donors (Lipinski definition) is 1. The molecule has 0 aliphatic carbocycles. The van der Waals surface area contributed by atoms with Crippen molar-refractivity contribution >= 4 is 23.2 Å². The van der Waals surface area contributed by atoms with Gasteiger partial charge in [-0.25, -0.2) is 4.39 Å². The summed E-state index contributed by atoms with van der Waals surface area (Å²) in [5, 5.41) is 2.69. The fourth-order valence-electron chi connectivity index (χ4n) is 2.35. The zero-order chi connectivity index (χ0) is 16.2. The Hall–Kier alpha value is -2.53. The summed E-state index contributed by atoms with van der Waals surface area (Å²) >= 11 is 5.72. The van der Waals surface area contributed by atoms with Crippen LogP contribution < -0.4 is 5.32 Å². The molecular weight excluding hydrogens is 319 g/mol. The molecule has 6 heteroatoms. The third-order valence-electron chi connectivity index (χ3n) is 3.44. The minimum atomic E-state index is -0.523. The number of rotatable bonds is 5. The van der Waals surface area contributed by atoms with Crippen LogP contribution in [0.3, 0.4) is 0 Å². The molecule has 0 fully saturated rings. The van der Waals surface area contributed by atoms with E-state index in [1.165, 1.54) is 18.2 Å². The van der Waals surface area contributed by atoms with Gasteiger partial charge in [0, 0.05) is 18.1 Å². The van der Waals surface area contributed by atoms with Gasteiger partial charge in [0.15, 0.2) is 0 Å². The Kier molecular flexibility index (Phi) is 4.48. The van der Waals surface area contributed by atoms with E-state index in [9.17, 15) is 9.18 Å². The lowest BCUT2D eigenvalue weighted by atomic mass is 10.1. The van der Waals surface area contributed by atoms with Crippen LogP contribution in [-0.2, 0) is 4.79 Å². The number of furan rings is 1. The number of anilines is 1. The van der Waals surface area contributed by atoms with Gasteiger partial charge in [-0.1, -0.05) is 11.6 Å². The fraction of sp³-hybridized carbons (Fsp3) is 0.118. The number of aromatic nitrogens is 1. The normalized spacial score (nSPS) is 12.1. The van der Waals surface area contributed by atoms with Gasteiger partial charge in [0.25, 0.3) is 0 Å². The van der Waals surface area contributed by atoms with Gasteiger partial charge in [0.05, 0.1) is 23.7 Å². The van der Waals surface area contributed by atoms with E-state index in [4.69, 9.17) is 16.0 Å². The zero-order valence-electron chi connectivity index (χ0n) is 12.1. The third kappa shape index (κ3) is 3.63. The van der Waals surface area contributed by atoms with Crippen LogP contribution >= 0.6 is 11.6 Å². The lowest BCUT2D eigenvalue weighted by Crippen LogP contribution is -2.19. The molecule has 3 rings (SSSR count). The molecule has 0 saturated heterocycles. The number of hydrogen-bond acceptors (Lipinski definition) is 2. The summed E-state index contributed by atoms with van der Waals surface area (Å²) in [5.41, 5.74) is 0.451. The summed E-state index contributed by atoms with van der Waals surface area (Å²) in [4.78, 5) is 12.3. The van der Waals surface area contributed by atoms with Crippen LogP contribution in [0, 0.1) is 5.82 Å². The lowest BCUT2D eigenvalue weighted by Gasteiger charge is -2.16. The van der Waals surface area contributed by atoms with E-state index < -0.39 is 5.82 Å². The quantitative estimate of drug-likeness (QED) is 0.748. The topological polar surface area (TPSA) is 47.2 Å². The molecule has 118 valence electrons. The summed E-state index contributed by atoms with van der Waals surface area (Å²) in [6, 6.07) is 11.2. The highest BCUT2D eigenvalue weighted by molar-refractivity contribution is 6.31. The maximum Gasteiger partial charge on any atom is 0.226 e. The molecule has 0 radical (unpaired) electrons. The smallest absolute Gasteiger partial charge is 0.226 e. The minimum absolute atomic E-state index is 0.0317. The molecule has 0 unspecified atom stereocenters. The van der Waals surface area contributed by atoms with Gasteiger partial charge < -0.3 is 14.3 Å². The SMILES string of the molecule is O=C(C[C@H](c1ccco1)n1cccc1)Nc1ccc(F)c(Cl)c1. The Morgan fingerprint density at radius 2 is 2.04 bits per heavy atom. The maximum absolute atomic E-state index is 13.2. The molecule has 1 N–H and O–H groups in total. The first-order valence-corrected chi connectivity index (χ1v) is 7.42. The Labute approximate surface area is 137 Å². The second kappa shape index (κ2) is 6.71. The molecule has 0 aliphatic rings. The molecule has 3 aromatic rings. The summed E-state index contributed by atoms with van der Waals surface area (Å²) < 4.78 is 20.5. The minimum Gasteiger partial charge on any atom is -0.467 e. The molecule has 0 saturated carbocycles. The molecule has 23 heavy (non-hydrogen) atoms. The lowest BCUT2D eigenvalue weighted by molar-refractivity contribution is -0.116. The molecule has 1 aromatic carbocycles. The van der Waals surface area contributed by atoms with Gasteiger partial charge in [0.1, 0.15) is 11.6 Å². The average molecular weight is 333 g/mol. The van der Waals surface area contributed by atoms with Crippen molar-refractivity contribution in [2.75, 3.05) is 5.32 Å². The average Bonchev–Trinajstić information content (AvgIpc) is 3.21. The predicted octanol–water partition coefficient (Wildman–Crippen LogP) is 4.49. The number of amides is 1. The number of halogens is 2.